The Kier molecular flexibility index (Phi) is 3.76. The normalized spacial score (nSPS) is 26.7. The van der Waals surface area contributed by atoms with Gasteiger partial charge in [-0.05, 0) is 24.6 Å². The van der Waals surface area contributed by atoms with Crippen LogP contribution in [0.15, 0.2) is 24.3 Å². The molecule has 3 heteroatoms. The fraction of sp³-hybridized carbons (Fsp3) is 0.625. The van der Waals surface area contributed by atoms with Gasteiger partial charge in [-0.3, -0.25) is 4.90 Å². The van der Waals surface area contributed by atoms with E-state index < -0.39 is 0 Å². The molecule has 0 aromatic heterocycles. The van der Waals surface area contributed by atoms with Crippen molar-refractivity contribution in [1.29, 1.82) is 0 Å². The van der Waals surface area contributed by atoms with E-state index in [-0.39, 0.29) is 0 Å². The standard InChI is InChI=1S/C16H24N2O/c1-12(2)17-14-7-8-18(10-14)11-15-9-13-5-3-4-6-16(13)19-15/h3-6,12,14-15,17H,7-11H2,1-2H3. The molecule has 3 rings (SSSR count). The average molecular weight is 260 g/mol. The van der Waals surface area contributed by atoms with Gasteiger partial charge in [-0.15, -0.1) is 0 Å². The summed E-state index contributed by atoms with van der Waals surface area (Å²) in [6.45, 7) is 7.86. The summed E-state index contributed by atoms with van der Waals surface area (Å²) in [6, 6.07) is 9.66. The number of likely N-dealkylation sites (tertiary alicyclic amines) is 1. The molecule has 3 nitrogen and oxygen atoms in total. The number of rotatable bonds is 4. The highest BCUT2D eigenvalue weighted by atomic mass is 16.5. The van der Waals surface area contributed by atoms with Gasteiger partial charge in [-0.25, -0.2) is 0 Å². The maximum absolute atomic E-state index is 6.02. The van der Waals surface area contributed by atoms with Crippen molar-refractivity contribution >= 4 is 0 Å². The Bertz CT molecular complexity index is 408. The van der Waals surface area contributed by atoms with E-state index in [1.165, 1.54) is 18.5 Å². The lowest BCUT2D eigenvalue weighted by atomic mass is 10.1. The van der Waals surface area contributed by atoms with E-state index in [4.69, 9.17) is 4.74 Å². The number of fused-ring (bicyclic) bond motifs is 1. The highest BCUT2D eigenvalue weighted by molar-refractivity contribution is 5.37. The largest absolute Gasteiger partial charge is 0.488 e. The summed E-state index contributed by atoms with van der Waals surface area (Å²) in [6.07, 6.45) is 2.67. The van der Waals surface area contributed by atoms with E-state index in [0.29, 0.717) is 18.2 Å². The minimum atomic E-state index is 0.343. The maximum atomic E-state index is 6.02. The summed E-state index contributed by atoms with van der Waals surface area (Å²) in [4.78, 5) is 2.54. The third kappa shape index (κ3) is 3.10. The van der Waals surface area contributed by atoms with Gasteiger partial charge in [0, 0.05) is 31.6 Å². The second kappa shape index (κ2) is 5.51. The zero-order chi connectivity index (χ0) is 13.2. The first-order valence-electron chi connectivity index (χ1n) is 7.43. The van der Waals surface area contributed by atoms with Gasteiger partial charge in [-0.1, -0.05) is 32.0 Å². The van der Waals surface area contributed by atoms with Crippen LogP contribution >= 0.6 is 0 Å². The number of hydrogen-bond donors (Lipinski definition) is 1. The van der Waals surface area contributed by atoms with Gasteiger partial charge in [-0.2, -0.15) is 0 Å². The topological polar surface area (TPSA) is 24.5 Å². The molecule has 0 aliphatic carbocycles. The van der Waals surface area contributed by atoms with Crippen LogP contribution in [0.25, 0.3) is 0 Å². The second-order valence-corrected chi connectivity index (χ2v) is 6.12. The van der Waals surface area contributed by atoms with Crippen molar-refractivity contribution < 1.29 is 4.74 Å². The molecule has 2 aliphatic heterocycles. The van der Waals surface area contributed by atoms with Gasteiger partial charge in [0.1, 0.15) is 11.9 Å². The molecule has 2 atom stereocenters. The Balaban J connectivity index is 1.49. The van der Waals surface area contributed by atoms with Gasteiger partial charge in [0.15, 0.2) is 0 Å². The van der Waals surface area contributed by atoms with Crippen LogP contribution in [0.1, 0.15) is 25.8 Å². The fourth-order valence-electron chi connectivity index (χ4n) is 3.25. The van der Waals surface area contributed by atoms with E-state index >= 15 is 0 Å². The molecule has 2 heterocycles. The van der Waals surface area contributed by atoms with Crippen LogP contribution in [0.2, 0.25) is 0 Å². The van der Waals surface area contributed by atoms with Crippen molar-refractivity contribution in [3.8, 4) is 5.75 Å². The van der Waals surface area contributed by atoms with Crippen molar-refractivity contribution in [1.82, 2.24) is 10.2 Å². The lowest BCUT2D eigenvalue weighted by molar-refractivity contribution is 0.166. The fourth-order valence-corrected chi connectivity index (χ4v) is 3.25. The van der Waals surface area contributed by atoms with Crippen LogP contribution < -0.4 is 10.1 Å². The maximum Gasteiger partial charge on any atom is 0.123 e. The van der Waals surface area contributed by atoms with Crippen LogP contribution in [-0.4, -0.2) is 42.7 Å². The Morgan fingerprint density at radius 3 is 3.00 bits per heavy atom. The summed E-state index contributed by atoms with van der Waals surface area (Å²) in [5, 5.41) is 3.63. The zero-order valence-corrected chi connectivity index (χ0v) is 11.9. The first-order chi connectivity index (χ1) is 9.20. The summed E-state index contributed by atoms with van der Waals surface area (Å²) < 4.78 is 6.02. The second-order valence-electron chi connectivity index (χ2n) is 6.12. The van der Waals surface area contributed by atoms with Crippen molar-refractivity contribution in [3.63, 3.8) is 0 Å². The van der Waals surface area contributed by atoms with Crippen molar-refractivity contribution in [2.45, 2.75) is 44.9 Å². The van der Waals surface area contributed by atoms with E-state index in [0.717, 1.165) is 25.3 Å². The molecule has 0 spiro atoms. The molecule has 0 saturated carbocycles. The molecular weight excluding hydrogens is 236 g/mol. The van der Waals surface area contributed by atoms with E-state index in [2.05, 4.69) is 48.3 Å². The number of ether oxygens (including phenoxy) is 1. The number of benzene rings is 1. The molecule has 19 heavy (non-hydrogen) atoms. The van der Waals surface area contributed by atoms with Crippen molar-refractivity contribution in [3.05, 3.63) is 29.8 Å². The quantitative estimate of drug-likeness (QED) is 0.897. The molecule has 2 aliphatic rings. The monoisotopic (exact) mass is 260 g/mol. The van der Waals surface area contributed by atoms with Crippen LogP contribution in [0, 0.1) is 0 Å². The van der Waals surface area contributed by atoms with Gasteiger partial charge in [0.05, 0.1) is 0 Å². The zero-order valence-electron chi connectivity index (χ0n) is 11.9. The highest BCUT2D eigenvalue weighted by Crippen LogP contribution is 2.28. The summed E-state index contributed by atoms with van der Waals surface area (Å²) in [7, 11) is 0. The Morgan fingerprint density at radius 2 is 2.21 bits per heavy atom. The molecule has 1 N–H and O–H groups in total. The first-order valence-corrected chi connectivity index (χ1v) is 7.43. The van der Waals surface area contributed by atoms with Crippen LogP contribution in [0.3, 0.4) is 0 Å². The predicted molar refractivity (Wildman–Crippen MR) is 77.7 cm³/mol. The van der Waals surface area contributed by atoms with E-state index in [9.17, 15) is 0 Å². The molecule has 1 fully saturated rings. The lowest BCUT2D eigenvalue weighted by Gasteiger charge is -2.21. The highest BCUT2D eigenvalue weighted by Gasteiger charge is 2.28. The molecule has 1 aromatic carbocycles. The molecule has 1 saturated heterocycles. The van der Waals surface area contributed by atoms with Crippen LogP contribution in [0.5, 0.6) is 5.75 Å². The number of nitrogens with zero attached hydrogens (tertiary/aromatic N) is 1. The SMILES string of the molecule is CC(C)NC1CCN(CC2Cc3ccccc3O2)C1. The third-order valence-corrected chi connectivity index (χ3v) is 4.02. The molecule has 0 radical (unpaired) electrons. The lowest BCUT2D eigenvalue weighted by Crippen LogP contribution is -2.39. The summed E-state index contributed by atoms with van der Waals surface area (Å²) >= 11 is 0. The Hall–Kier alpha value is -1.06. The molecule has 104 valence electrons. The van der Waals surface area contributed by atoms with Crippen molar-refractivity contribution in [2.75, 3.05) is 19.6 Å². The Morgan fingerprint density at radius 1 is 1.37 bits per heavy atom. The predicted octanol–water partition coefficient (Wildman–Crippen LogP) is 2.06. The van der Waals surface area contributed by atoms with Gasteiger partial charge in [0.2, 0.25) is 0 Å². The number of nitrogens with one attached hydrogen (secondary N) is 1. The Labute approximate surface area is 115 Å². The minimum absolute atomic E-state index is 0.343. The molecule has 1 aromatic rings. The number of hydrogen-bond acceptors (Lipinski definition) is 3. The van der Waals surface area contributed by atoms with Gasteiger partial charge < -0.3 is 10.1 Å². The molecule has 2 unspecified atom stereocenters. The van der Waals surface area contributed by atoms with Crippen LogP contribution in [0.4, 0.5) is 0 Å². The summed E-state index contributed by atoms with van der Waals surface area (Å²) in [5.41, 5.74) is 1.36. The van der Waals surface area contributed by atoms with Crippen LogP contribution in [-0.2, 0) is 6.42 Å². The third-order valence-electron chi connectivity index (χ3n) is 4.02. The average Bonchev–Trinajstić information content (AvgIpc) is 2.94. The van der Waals surface area contributed by atoms with Gasteiger partial charge >= 0.3 is 0 Å². The first kappa shape index (κ1) is 12.9. The van der Waals surface area contributed by atoms with Crippen molar-refractivity contribution in [2.24, 2.45) is 0 Å². The molecular formula is C16H24N2O. The van der Waals surface area contributed by atoms with E-state index in [1.807, 2.05) is 0 Å². The molecule has 0 amide bonds. The number of para-hydroxylation sites is 1. The minimum Gasteiger partial charge on any atom is -0.488 e. The van der Waals surface area contributed by atoms with Gasteiger partial charge in [0.25, 0.3) is 0 Å². The molecule has 0 bridgehead atoms. The smallest absolute Gasteiger partial charge is 0.123 e. The summed E-state index contributed by atoms with van der Waals surface area (Å²) in [5.74, 6) is 1.09. The van der Waals surface area contributed by atoms with E-state index in [1.54, 1.807) is 0 Å².